The number of hydrogen-bond donors (Lipinski definition) is 0. The van der Waals surface area contributed by atoms with Crippen LogP contribution in [0.4, 0.5) is 5.69 Å². The fourth-order valence-electron chi connectivity index (χ4n) is 1.61. The van der Waals surface area contributed by atoms with Crippen LogP contribution in [0.1, 0.15) is 16.8 Å². The van der Waals surface area contributed by atoms with Crippen molar-refractivity contribution in [3.8, 4) is 0 Å². The highest BCUT2D eigenvalue weighted by molar-refractivity contribution is 5.44. The summed E-state index contributed by atoms with van der Waals surface area (Å²) in [5.41, 5.74) is 2.39. The van der Waals surface area contributed by atoms with E-state index >= 15 is 0 Å². The smallest absolute Gasteiger partial charge is 0.261 e. The Bertz CT molecular complexity index is 541. The van der Waals surface area contributed by atoms with E-state index in [2.05, 4.69) is 9.97 Å². The number of nitro groups is 1. The molecule has 0 atom stereocenters. The Morgan fingerprint density at radius 3 is 2.82 bits per heavy atom. The fourth-order valence-corrected chi connectivity index (χ4v) is 1.61. The first kappa shape index (κ1) is 11.2. The van der Waals surface area contributed by atoms with Crippen LogP contribution in [-0.4, -0.2) is 14.9 Å². The minimum atomic E-state index is -0.362. The first-order valence-electron chi connectivity index (χ1n) is 5.15. The van der Waals surface area contributed by atoms with Crippen molar-refractivity contribution in [3.63, 3.8) is 0 Å². The molecular formula is C12H11N3O2. The zero-order valence-electron chi connectivity index (χ0n) is 9.33. The number of nitrogens with zero attached hydrogens (tertiary/aromatic N) is 3. The zero-order valence-corrected chi connectivity index (χ0v) is 9.33. The molecule has 86 valence electrons. The average Bonchev–Trinajstić information content (AvgIpc) is 2.32. The van der Waals surface area contributed by atoms with Gasteiger partial charge in [0.25, 0.3) is 5.69 Å². The Hall–Kier alpha value is -2.30. The molecule has 1 aromatic carbocycles. The van der Waals surface area contributed by atoms with Crippen LogP contribution in [0, 0.1) is 17.0 Å². The van der Waals surface area contributed by atoms with Crippen LogP contribution in [0.2, 0.25) is 0 Å². The van der Waals surface area contributed by atoms with E-state index in [4.69, 9.17) is 0 Å². The summed E-state index contributed by atoms with van der Waals surface area (Å²) < 4.78 is 0. The van der Waals surface area contributed by atoms with E-state index in [9.17, 15) is 10.1 Å². The molecule has 2 rings (SSSR count). The topological polar surface area (TPSA) is 68.9 Å². The molecule has 0 unspecified atom stereocenters. The van der Waals surface area contributed by atoms with Crippen LogP contribution in [0.25, 0.3) is 0 Å². The second-order valence-electron chi connectivity index (χ2n) is 3.76. The second-order valence-corrected chi connectivity index (χ2v) is 3.76. The molecule has 0 radical (unpaired) electrons. The van der Waals surface area contributed by atoms with Crippen LogP contribution in [-0.2, 0) is 6.42 Å². The highest BCUT2D eigenvalue weighted by atomic mass is 16.6. The van der Waals surface area contributed by atoms with Crippen molar-refractivity contribution < 1.29 is 4.92 Å². The molecule has 2 aromatic rings. The molecule has 5 heteroatoms. The Balaban J connectivity index is 2.36. The summed E-state index contributed by atoms with van der Waals surface area (Å²) in [6, 6.07) is 5.20. The largest absolute Gasteiger partial charge is 0.273 e. The molecule has 0 spiro atoms. The standard InChI is InChI=1S/C12H11N3O2/c1-9-2-3-10(12(6-9)15(16)17)7-11-8-13-4-5-14-11/h2-6,8H,7H2,1H3. The van der Waals surface area contributed by atoms with Crippen LogP contribution in [0.15, 0.2) is 36.8 Å². The van der Waals surface area contributed by atoms with Crippen molar-refractivity contribution in [1.82, 2.24) is 9.97 Å². The van der Waals surface area contributed by atoms with Gasteiger partial charge in [0.05, 0.1) is 10.6 Å². The summed E-state index contributed by atoms with van der Waals surface area (Å²) in [7, 11) is 0. The molecule has 17 heavy (non-hydrogen) atoms. The summed E-state index contributed by atoms with van der Waals surface area (Å²) in [4.78, 5) is 18.6. The Labute approximate surface area is 98.3 Å². The van der Waals surface area contributed by atoms with Gasteiger partial charge in [0.15, 0.2) is 0 Å². The van der Waals surface area contributed by atoms with E-state index in [1.54, 1.807) is 30.7 Å². The molecule has 1 heterocycles. The van der Waals surface area contributed by atoms with Gasteiger partial charge in [0.2, 0.25) is 0 Å². The molecule has 1 aromatic heterocycles. The summed E-state index contributed by atoms with van der Waals surface area (Å²) in [5.74, 6) is 0. The number of benzene rings is 1. The summed E-state index contributed by atoms with van der Waals surface area (Å²) in [6.45, 7) is 1.83. The van der Waals surface area contributed by atoms with E-state index in [1.807, 2.05) is 13.0 Å². The van der Waals surface area contributed by atoms with Gasteiger partial charge >= 0.3 is 0 Å². The molecule has 5 nitrogen and oxygen atoms in total. The van der Waals surface area contributed by atoms with E-state index < -0.39 is 0 Å². The van der Waals surface area contributed by atoms with Crippen LogP contribution in [0.5, 0.6) is 0 Å². The Kier molecular flexibility index (Phi) is 3.09. The predicted molar refractivity (Wildman–Crippen MR) is 62.7 cm³/mol. The van der Waals surface area contributed by atoms with Crippen molar-refractivity contribution >= 4 is 5.69 Å². The molecule has 0 amide bonds. The van der Waals surface area contributed by atoms with Crippen LogP contribution in [0.3, 0.4) is 0 Å². The molecule has 0 aliphatic rings. The number of aromatic nitrogens is 2. The fraction of sp³-hybridized carbons (Fsp3) is 0.167. The number of aryl methyl sites for hydroxylation is 1. The predicted octanol–water partition coefficient (Wildman–Crippen LogP) is 2.28. The SMILES string of the molecule is Cc1ccc(Cc2cnccn2)c([N+](=O)[O-])c1. The monoisotopic (exact) mass is 229 g/mol. The van der Waals surface area contributed by atoms with Gasteiger partial charge in [-0.15, -0.1) is 0 Å². The van der Waals surface area contributed by atoms with Crippen LogP contribution >= 0.6 is 0 Å². The molecule has 0 N–H and O–H groups in total. The van der Waals surface area contributed by atoms with Gasteiger partial charge in [0, 0.05) is 36.6 Å². The lowest BCUT2D eigenvalue weighted by atomic mass is 10.1. The molecule has 0 saturated heterocycles. The van der Waals surface area contributed by atoms with Crippen LogP contribution < -0.4 is 0 Å². The second kappa shape index (κ2) is 4.69. The first-order valence-corrected chi connectivity index (χ1v) is 5.15. The van der Waals surface area contributed by atoms with Crippen molar-refractivity contribution in [2.24, 2.45) is 0 Å². The third-order valence-corrected chi connectivity index (χ3v) is 2.43. The normalized spacial score (nSPS) is 10.2. The third kappa shape index (κ3) is 2.63. The van der Waals surface area contributed by atoms with E-state index in [1.165, 1.54) is 0 Å². The Morgan fingerprint density at radius 2 is 2.18 bits per heavy atom. The highest BCUT2D eigenvalue weighted by Gasteiger charge is 2.14. The summed E-state index contributed by atoms with van der Waals surface area (Å²) in [6.07, 6.45) is 5.19. The van der Waals surface area contributed by atoms with Crippen molar-refractivity contribution in [1.29, 1.82) is 0 Å². The van der Waals surface area contributed by atoms with Gasteiger partial charge in [-0.3, -0.25) is 20.1 Å². The summed E-state index contributed by atoms with van der Waals surface area (Å²) in [5, 5.41) is 10.9. The molecule has 0 fully saturated rings. The van der Waals surface area contributed by atoms with Gasteiger partial charge in [-0.05, 0) is 12.5 Å². The number of nitro benzene ring substituents is 1. The van der Waals surface area contributed by atoms with Crippen molar-refractivity contribution in [3.05, 3.63) is 63.7 Å². The quantitative estimate of drug-likeness (QED) is 0.598. The lowest BCUT2D eigenvalue weighted by Gasteiger charge is -2.03. The van der Waals surface area contributed by atoms with E-state index in [0.29, 0.717) is 12.0 Å². The molecule has 0 saturated carbocycles. The number of hydrogen-bond acceptors (Lipinski definition) is 4. The molecule has 0 aliphatic carbocycles. The summed E-state index contributed by atoms with van der Waals surface area (Å²) >= 11 is 0. The first-order chi connectivity index (χ1) is 8.16. The lowest BCUT2D eigenvalue weighted by molar-refractivity contribution is -0.385. The minimum absolute atomic E-state index is 0.135. The van der Waals surface area contributed by atoms with Gasteiger partial charge in [-0.25, -0.2) is 0 Å². The molecule has 0 bridgehead atoms. The van der Waals surface area contributed by atoms with Crippen molar-refractivity contribution in [2.75, 3.05) is 0 Å². The van der Waals surface area contributed by atoms with Gasteiger partial charge in [-0.2, -0.15) is 0 Å². The average molecular weight is 229 g/mol. The maximum Gasteiger partial charge on any atom is 0.273 e. The lowest BCUT2D eigenvalue weighted by Crippen LogP contribution is -1.99. The number of rotatable bonds is 3. The highest BCUT2D eigenvalue weighted by Crippen LogP contribution is 2.22. The van der Waals surface area contributed by atoms with E-state index in [-0.39, 0.29) is 10.6 Å². The molecule has 0 aliphatic heterocycles. The Morgan fingerprint density at radius 1 is 1.35 bits per heavy atom. The zero-order chi connectivity index (χ0) is 12.3. The molecular weight excluding hydrogens is 218 g/mol. The van der Waals surface area contributed by atoms with Gasteiger partial charge in [0.1, 0.15) is 0 Å². The van der Waals surface area contributed by atoms with Crippen molar-refractivity contribution in [2.45, 2.75) is 13.3 Å². The third-order valence-electron chi connectivity index (χ3n) is 2.43. The van der Waals surface area contributed by atoms with Gasteiger partial charge < -0.3 is 0 Å². The van der Waals surface area contributed by atoms with E-state index in [0.717, 1.165) is 11.3 Å². The minimum Gasteiger partial charge on any atom is -0.261 e. The van der Waals surface area contributed by atoms with Gasteiger partial charge in [-0.1, -0.05) is 12.1 Å². The maximum atomic E-state index is 10.9. The maximum absolute atomic E-state index is 10.9.